The van der Waals surface area contributed by atoms with E-state index in [-0.39, 0.29) is 78.4 Å². The van der Waals surface area contributed by atoms with E-state index in [0.717, 1.165) is 17.1 Å². The molecule has 0 unspecified atom stereocenters. The number of amides is 6. The lowest BCUT2D eigenvalue weighted by atomic mass is 9.72. The highest BCUT2D eigenvalue weighted by Crippen LogP contribution is 2.52. The van der Waals surface area contributed by atoms with E-state index in [2.05, 4.69) is 16.0 Å². The van der Waals surface area contributed by atoms with E-state index in [1.807, 2.05) is 0 Å². The Morgan fingerprint density at radius 3 is 2.10 bits per heavy atom. The molecule has 11 N–H and O–H groups in total. The number of ketones is 6. The van der Waals surface area contributed by atoms with Gasteiger partial charge in [-0.2, -0.15) is 0 Å². The van der Waals surface area contributed by atoms with Crippen LogP contribution in [0.5, 0.6) is 17.2 Å². The van der Waals surface area contributed by atoms with Gasteiger partial charge in [-0.1, -0.05) is 39.3 Å². The zero-order chi connectivity index (χ0) is 65.2. The number of nitrogens with one attached hydrogen (secondary N) is 3. The molecule has 2 aliphatic heterocycles. The number of ether oxygens (including phenoxy) is 3. The normalized spacial score (nSPS) is 22.1. The number of methoxy groups -OCH3 is 1. The fourth-order valence-corrected chi connectivity index (χ4v) is 11.6. The smallest absolute Gasteiger partial charge is 0.303 e. The lowest BCUT2D eigenvalue weighted by Crippen LogP contribution is -2.57. The second-order valence-corrected chi connectivity index (χ2v) is 23.5. The van der Waals surface area contributed by atoms with Gasteiger partial charge in [0.15, 0.2) is 29.4 Å². The van der Waals surface area contributed by atoms with Gasteiger partial charge in [-0.05, 0) is 51.5 Å². The van der Waals surface area contributed by atoms with E-state index in [1.54, 1.807) is 13.8 Å². The number of Topliss-reactive ketones (excluding diaryl/α,β-unsaturated/α-hetero) is 4. The van der Waals surface area contributed by atoms with Crippen molar-refractivity contribution in [3.05, 3.63) is 63.7 Å². The maximum absolute atomic E-state index is 14.3. The van der Waals surface area contributed by atoms with Crippen molar-refractivity contribution in [2.24, 2.45) is 29.4 Å². The maximum atomic E-state index is 14.3. The Hall–Kier alpha value is -8.11. The van der Waals surface area contributed by atoms with E-state index in [4.69, 9.17) is 19.9 Å². The molecule has 11 atom stereocenters. The summed E-state index contributed by atoms with van der Waals surface area (Å²) in [4.78, 5) is 172. The Bertz CT molecular complexity index is 3140. The first kappa shape index (κ1) is 69.0. The lowest BCUT2D eigenvalue weighted by Gasteiger charge is -2.43. The SMILES string of the molecule is COc1cccc2c1C(=O)c1c(O)c3c(c(O)c1C2=O)C[C@@](O)(C(=O)CO)C[C@@H]3O[C@H]1C[C@H](NC(=O)[C@@H](CC(=O)[C@H](CC(N)=O)NC(=O)[C@H](C)CC(=O)[C@H](C)NC(=O)[C@H](CCC(=O)O)CC(=O)CCCCCN2C(=O)C=CC2=O)CC(C)C)[C@H](O)[C@H](C)O1. The number of imide groups is 1. The van der Waals surface area contributed by atoms with Crippen LogP contribution in [0.1, 0.15) is 167 Å². The fourth-order valence-electron chi connectivity index (χ4n) is 11.6. The molecule has 0 aromatic heterocycles. The summed E-state index contributed by atoms with van der Waals surface area (Å²) in [6.45, 7) is 6.60. The van der Waals surface area contributed by atoms with E-state index in [0.29, 0.717) is 19.3 Å². The van der Waals surface area contributed by atoms with E-state index in [1.165, 1.54) is 46.1 Å². The molecule has 0 spiro atoms. The van der Waals surface area contributed by atoms with Crippen molar-refractivity contribution in [1.82, 2.24) is 20.9 Å². The van der Waals surface area contributed by atoms with Crippen molar-refractivity contribution in [1.29, 1.82) is 0 Å². The number of carbonyl (C=O) groups is 13. The predicted octanol–water partition coefficient (Wildman–Crippen LogP) is 1.17. The van der Waals surface area contributed by atoms with Crippen LogP contribution in [-0.4, -0.2) is 174 Å². The fraction of sp³-hybridized carbons (Fsp3) is 0.557. The summed E-state index contributed by atoms with van der Waals surface area (Å²) in [5.74, 6) is -15.7. The van der Waals surface area contributed by atoms with Gasteiger partial charge >= 0.3 is 5.97 Å². The van der Waals surface area contributed by atoms with Crippen molar-refractivity contribution >= 4 is 76.1 Å². The van der Waals surface area contributed by atoms with Crippen LogP contribution in [0.25, 0.3) is 0 Å². The zero-order valence-electron chi connectivity index (χ0n) is 49.8. The summed E-state index contributed by atoms with van der Waals surface area (Å²) < 4.78 is 17.6. The molecule has 4 aliphatic rings. The first-order valence-corrected chi connectivity index (χ1v) is 29.2. The molecule has 2 aromatic carbocycles. The molecular formula is C61H77N5O22. The largest absolute Gasteiger partial charge is 0.507 e. The Morgan fingerprint density at radius 1 is 0.807 bits per heavy atom. The first-order valence-electron chi connectivity index (χ1n) is 29.2. The molecule has 1 saturated heterocycles. The molecule has 2 aromatic rings. The molecular weight excluding hydrogens is 1150 g/mol. The van der Waals surface area contributed by atoms with E-state index in [9.17, 15) is 93.0 Å². The second kappa shape index (κ2) is 29.7. The number of phenolic OH excluding ortho intramolecular Hbond substituents is 2. The van der Waals surface area contributed by atoms with Crippen molar-refractivity contribution in [3.63, 3.8) is 0 Å². The summed E-state index contributed by atoms with van der Waals surface area (Å²) in [7, 11) is 1.26. The molecule has 2 aliphatic carbocycles. The Kier molecular flexibility index (Phi) is 23.3. The van der Waals surface area contributed by atoms with E-state index < -0.39 is 204 Å². The number of phenols is 2. The number of unbranched alkanes of at least 4 members (excludes halogenated alkanes) is 2. The van der Waals surface area contributed by atoms with Gasteiger partial charge in [0.05, 0.1) is 60.6 Å². The summed E-state index contributed by atoms with van der Waals surface area (Å²) >= 11 is 0. The number of benzene rings is 2. The minimum atomic E-state index is -2.48. The van der Waals surface area contributed by atoms with Gasteiger partial charge in [0.25, 0.3) is 11.8 Å². The van der Waals surface area contributed by atoms with Crippen LogP contribution in [0.4, 0.5) is 0 Å². The monoisotopic (exact) mass is 1230 g/mol. The average molecular weight is 1230 g/mol. The van der Waals surface area contributed by atoms with Crippen molar-refractivity contribution < 1.29 is 107 Å². The van der Waals surface area contributed by atoms with Gasteiger partial charge in [-0.25, -0.2) is 0 Å². The first-order chi connectivity index (χ1) is 41.4. The average Bonchev–Trinajstić information content (AvgIpc) is 0.847. The van der Waals surface area contributed by atoms with Crippen LogP contribution in [-0.2, 0) is 68.6 Å². The predicted molar refractivity (Wildman–Crippen MR) is 305 cm³/mol. The number of aliphatic carboxylic acids is 1. The second-order valence-electron chi connectivity index (χ2n) is 23.5. The van der Waals surface area contributed by atoms with Gasteiger partial charge in [0.2, 0.25) is 29.4 Å². The van der Waals surface area contributed by atoms with Crippen LogP contribution in [0.2, 0.25) is 0 Å². The Morgan fingerprint density at radius 2 is 1.48 bits per heavy atom. The summed E-state index contributed by atoms with van der Waals surface area (Å²) in [5, 5.41) is 73.9. The molecule has 1 fully saturated rings. The standard InChI is InChI=1S/C61H77N5O22/c1-28(2)19-33(22-40(70)37(23-44(62)72)64-58(82)29(3)20-39(69)30(4)63-59(83)32(14-17-47(75)76)21-34(68)11-8-7-9-18-66-45(73)15-16-46(66)74)60(84)65-38-24-48(87-31(5)53(38)77)88-42-26-61(85,43(71)27-67)25-36-50(42)57(81)52-51(55(36)79)54(78)35-12-10-13-41(86-6)49(35)56(52)80/h10,12-13,15-16,28-33,37-38,42,48,53,67,77,79,81,85H,7-9,11,14,17-27H2,1-6H3,(H2,62,72)(H,63,83)(H,64,82)(H,65,84)(H,75,76)/t29-,30+,31+,32-,33-,37+,38+,42+,48+,53-,61+/m1/s1. The third kappa shape index (κ3) is 16.3. The number of carboxylic acid groups (broad SMARTS) is 1. The maximum Gasteiger partial charge on any atom is 0.303 e. The molecule has 0 radical (unpaired) electrons. The number of hydrogen-bond acceptors (Lipinski definition) is 21. The number of aliphatic hydroxyl groups excluding tert-OH is 2. The molecule has 2 heterocycles. The van der Waals surface area contributed by atoms with Gasteiger partial charge in [-0.3, -0.25) is 67.2 Å². The summed E-state index contributed by atoms with van der Waals surface area (Å²) in [6, 6.07) is 0.107. The van der Waals surface area contributed by atoms with Crippen LogP contribution in [0, 0.1) is 23.7 Å². The Balaban J connectivity index is 1.10. The van der Waals surface area contributed by atoms with Crippen molar-refractivity contribution in [2.75, 3.05) is 20.3 Å². The molecule has 27 nitrogen and oxygen atoms in total. The van der Waals surface area contributed by atoms with Gasteiger partial charge in [0.1, 0.15) is 41.3 Å². The molecule has 478 valence electrons. The number of aliphatic hydroxyl groups is 3. The third-order valence-corrected chi connectivity index (χ3v) is 16.4. The molecule has 0 bridgehead atoms. The molecule has 27 heteroatoms. The molecule has 88 heavy (non-hydrogen) atoms. The topological polar surface area (TPSA) is 436 Å². The molecule has 0 saturated carbocycles. The summed E-state index contributed by atoms with van der Waals surface area (Å²) in [6.07, 6.45) is -6.63. The van der Waals surface area contributed by atoms with Crippen LogP contribution < -0.4 is 26.4 Å². The number of primary amides is 1. The zero-order valence-corrected chi connectivity index (χ0v) is 49.8. The minimum absolute atomic E-state index is 0.0113. The van der Waals surface area contributed by atoms with Gasteiger partial charge < -0.3 is 66.5 Å². The number of carboxylic acids is 1. The van der Waals surface area contributed by atoms with Crippen molar-refractivity contribution in [2.45, 2.75) is 173 Å². The van der Waals surface area contributed by atoms with Gasteiger partial charge in [-0.15, -0.1) is 0 Å². The van der Waals surface area contributed by atoms with Crippen LogP contribution in [0.15, 0.2) is 30.4 Å². The van der Waals surface area contributed by atoms with E-state index >= 15 is 0 Å². The number of nitrogens with two attached hydrogens (primary N) is 1. The van der Waals surface area contributed by atoms with Crippen LogP contribution >= 0.6 is 0 Å². The number of hydrogen-bond donors (Lipinski definition) is 10. The quantitative estimate of drug-likeness (QED) is 0.0238. The number of carbonyl (C=O) groups excluding carboxylic acids is 12. The molecule has 6 rings (SSSR count). The van der Waals surface area contributed by atoms with Gasteiger partial charge in [0, 0.05) is 105 Å². The number of fused-ring (bicyclic) bond motifs is 3. The Labute approximate surface area is 506 Å². The molecule has 6 amide bonds. The highest BCUT2D eigenvalue weighted by atomic mass is 16.7. The number of nitrogens with zero attached hydrogens (tertiary/aromatic N) is 1. The highest BCUT2D eigenvalue weighted by Gasteiger charge is 2.51. The minimum Gasteiger partial charge on any atom is -0.507 e. The number of rotatable bonds is 32. The van der Waals surface area contributed by atoms with Crippen molar-refractivity contribution in [3.8, 4) is 17.2 Å². The number of aromatic hydroxyl groups is 2. The lowest BCUT2D eigenvalue weighted by molar-refractivity contribution is -0.249. The highest BCUT2D eigenvalue weighted by molar-refractivity contribution is 6.31. The van der Waals surface area contributed by atoms with Crippen LogP contribution in [0.3, 0.4) is 0 Å². The summed E-state index contributed by atoms with van der Waals surface area (Å²) in [5.41, 5.74) is 0.772. The third-order valence-electron chi connectivity index (χ3n) is 16.4.